The highest BCUT2D eigenvalue weighted by molar-refractivity contribution is 7.89. The van der Waals surface area contributed by atoms with Crippen molar-refractivity contribution in [1.29, 1.82) is 0 Å². The summed E-state index contributed by atoms with van der Waals surface area (Å²) in [5, 5.41) is 9.34. The maximum Gasteiger partial charge on any atom is 0.243 e. The number of nitrogens with zero attached hydrogens (tertiary/aromatic N) is 5. The Morgan fingerprint density at radius 1 is 1.03 bits per heavy atom. The maximum absolute atomic E-state index is 13.5. The van der Waals surface area contributed by atoms with Gasteiger partial charge in [0.1, 0.15) is 0 Å². The number of piperazine rings is 1. The first kappa shape index (κ1) is 27.5. The first-order chi connectivity index (χ1) is 18.8. The van der Waals surface area contributed by atoms with Crippen LogP contribution in [0.25, 0.3) is 11.3 Å². The number of carbonyl (C=O) groups is 1. The second-order valence-corrected chi connectivity index (χ2v) is 12.2. The molecule has 0 aliphatic carbocycles. The van der Waals surface area contributed by atoms with E-state index in [4.69, 9.17) is 16.3 Å². The molecule has 5 rings (SSSR count). The number of aromatic nitrogens is 2. The Morgan fingerprint density at radius 2 is 1.77 bits per heavy atom. The van der Waals surface area contributed by atoms with Crippen LogP contribution in [0.2, 0.25) is 5.02 Å². The number of sulfonamides is 1. The van der Waals surface area contributed by atoms with E-state index in [1.165, 1.54) is 4.31 Å². The third kappa shape index (κ3) is 6.41. The molecule has 1 aromatic heterocycles. The molecule has 0 spiro atoms. The van der Waals surface area contributed by atoms with E-state index in [0.717, 1.165) is 29.8 Å². The van der Waals surface area contributed by atoms with E-state index in [2.05, 4.69) is 15.1 Å². The van der Waals surface area contributed by atoms with E-state index in [1.54, 1.807) is 29.2 Å². The molecule has 11 heteroatoms. The Balaban J connectivity index is 1.23. The molecule has 206 valence electrons. The van der Waals surface area contributed by atoms with E-state index >= 15 is 0 Å². The third-order valence-corrected chi connectivity index (χ3v) is 9.31. The summed E-state index contributed by atoms with van der Waals surface area (Å²) in [5.74, 6) is 0.503. The number of anilines is 1. The predicted octanol–water partition coefficient (Wildman–Crippen LogP) is 3.62. The van der Waals surface area contributed by atoms with Crippen molar-refractivity contribution in [1.82, 2.24) is 19.4 Å². The zero-order chi connectivity index (χ0) is 27.4. The summed E-state index contributed by atoms with van der Waals surface area (Å²) in [6, 6.07) is 18.0. The van der Waals surface area contributed by atoms with Gasteiger partial charge in [0.15, 0.2) is 5.82 Å². The number of halogens is 1. The first-order valence-corrected chi connectivity index (χ1v) is 14.9. The fourth-order valence-corrected chi connectivity index (χ4v) is 6.52. The van der Waals surface area contributed by atoms with Gasteiger partial charge < -0.3 is 14.5 Å². The molecule has 0 unspecified atom stereocenters. The standard InChI is InChI=1S/C28H32ClN5O4S/c1-21-8-10-23(11-9-21)39(36,37)34(19-22-5-4-18-38-22)20-28(35)33-16-14-32(15-17-33)27-13-12-26(30-31-27)24-6-2-3-7-25(24)29/h2-3,6-13,22H,4-5,14-20H2,1H3/t22-/m1/s1. The molecule has 1 atom stereocenters. The van der Waals surface area contributed by atoms with Crippen LogP contribution in [0.15, 0.2) is 65.6 Å². The number of carbonyl (C=O) groups excluding carboxylic acids is 1. The highest BCUT2D eigenvalue weighted by atomic mass is 35.5. The molecule has 2 saturated heterocycles. The molecule has 0 saturated carbocycles. The Hall–Kier alpha value is -3.05. The number of rotatable bonds is 8. The zero-order valence-corrected chi connectivity index (χ0v) is 23.4. The van der Waals surface area contributed by atoms with Crippen molar-refractivity contribution in [3.8, 4) is 11.3 Å². The minimum atomic E-state index is -3.86. The van der Waals surface area contributed by atoms with Crippen LogP contribution >= 0.6 is 11.6 Å². The van der Waals surface area contributed by atoms with Gasteiger partial charge in [-0.15, -0.1) is 10.2 Å². The van der Waals surface area contributed by atoms with Gasteiger partial charge in [-0.2, -0.15) is 4.31 Å². The van der Waals surface area contributed by atoms with Gasteiger partial charge in [-0.05, 0) is 50.1 Å². The van der Waals surface area contributed by atoms with Crippen molar-refractivity contribution in [2.24, 2.45) is 0 Å². The lowest BCUT2D eigenvalue weighted by Crippen LogP contribution is -2.52. The molecular weight excluding hydrogens is 538 g/mol. The first-order valence-electron chi connectivity index (χ1n) is 13.1. The van der Waals surface area contributed by atoms with Crippen molar-refractivity contribution in [2.75, 3.05) is 50.8 Å². The van der Waals surface area contributed by atoms with E-state index in [-0.39, 0.29) is 30.0 Å². The van der Waals surface area contributed by atoms with Crippen LogP contribution in [0.4, 0.5) is 5.82 Å². The van der Waals surface area contributed by atoms with Gasteiger partial charge in [0.2, 0.25) is 15.9 Å². The Labute approximate surface area is 234 Å². The van der Waals surface area contributed by atoms with Crippen LogP contribution < -0.4 is 4.90 Å². The predicted molar refractivity (Wildman–Crippen MR) is 150 cm³/mol. The van der Waals surface area contributed by atoms with Gasteiger partial charge >= 0.3 is 0 Å². The van der Waals surface area contributed by atoms with Gasteiger partial charge in [-0.3, -0.25) is 4.79 Å². The van der Waals surface area contributed by atoms with Crippen LogP contribution in [-0.2, 0) is 19.6 Å². The normalized spacial score (nSPS) is 18.1. The fourth-order valence-electron chi connectivity index (χ4n) is 4.86. The largest absolute Gasteiger partial charge is 0.377 e. The van der Waals surface area contributed by atoms with Crippen molar-refractivity contribution in [3.63, 3.8) is 0 Å². The van der Waals surface area contributed by atoms with Crippen molar-refractivity contribution in [3.05, 3.63) is 71.2 Å². The second-order valence-electron chi connectivity index (χ2n) is 9.87. The molecule has 9 nitrogen and oxygen atoms in total. The Kier molecular flexibility index (Phi) is 8.46. The smallest absolute Gasteiger partial charge is 0.243 e. The van der Waals surface area contributed by atoms with Gasteiger partial charge in [0.05, 0.1) is 28.3 Å². The molecule has 39 heavy (non-hydrogen) atoms. The summed E-state index contributed by atoms with van der Waals surface area (Å²) in [6.07, 6.45) is 1.46. The van der Waals surface area contributed by atoms with E-state index in [0.29, 0.717) is 43.5 Å². The summed E-state index contributed by atoms with van der Waals surface area (Å²) in [4.78, 5) is 17.3. The van der Waals surface area contributed by atoms with Gasteiger partial charge in [-0.25, -0.2) is 8.42 Å². The second kappa shape index (κ2) is 12.0. The monoisotopic (exact) mass is 569 g/mol. The number of hydrogen-bond acceptors (Lipinski definition) is 7. The molecule has 2 aliphatic rings. The molecule has 3 aromatic rings. The molecule has 2 fully saturated rings. The van der Waals surface area contributed by atoms with Gasteiger partial charge in [0, 0.05) is 44.9 Å². The van der Waals surface area contributed by atoms with Gasteiger partial charge in [-0.1, -0.05) is 47.5 Å². The number of amides is 1. The minimum absolute atomic E-state index is 0.162. The molecule has 0 radical (unpaired) electrons. The lowest BCUT2D eigenvalue weighted by Gasteiger charge is -2.36. The highest BCUT2D eigenvalue weighted by Gasteiger charge is 2.33. The van der Waals surface area contributed by atoms with Crippen molar-refractivity contribution >= 4 is 33.3 Å². The molecule has 3 heterocycles. The lowest BCUT2D eigenvalue weighted by atomic mass is 10.1. The molecule has 2 aliphatic heterocycles. The third-order valence-electron chi connectivity index (χ3n) is 7.16. The minimum Gasteiger partial charge on any atom is -0.377 e. The molecule has 1 amide bonds. The topological polar surface area (TPSA) is 95.9 Å². The average Bonchev–Trinajstić information content (AvgIpc) is 3.47. The van der Waals surface area contributed by atoms with Crippen LogP contribution in [0.3, 0.4) is 0 Å². The average molecular weight is 570 g/mol. The Bertz CT molecular complexity index is 1390. The van der Waals surface area contributed by atoms with E-state index in [9.17, 15) is 13.2 Å². The highest BCUT2D eigenvalue weighted by Crippen LogP contribution is 2.26. The van der Waals surface area contributed by atoms with Crippen molar-refractivity contribution in [2.45, 2.75) is 30.8 Å². The lowest BCUT2D eigenvalue weighted by molar-refractivity contribution is -0.131. The SMILES string of the molecule is Cc1ccc(S(=O)(=O)N(CC(=O)N2CCN(c3ccc(-c4ccccc4Cl)nn3)CC2)C[C@H]2CCCO2)cc1. The number of ether oxygens (including phenoxy) is 1. The summed E-state index contributed by atoms with van der Waals surface area (Å²) >= 11 is 6.28. The fraction of sp³-hybridized carbons (Fsp3) is 0.393. The van der Waals surface area contributed by atoms with Gasteiger partial charge in [0.25, 0.3) is 0 Å². The molecule has 2 aromatic carbocycles. The summed E-state index contributed by atoms with van der Waals surface area (Å²) in [5.41, 5.74) is 2.48. The number of aryl methyl sites for hydroxylation is 1. The number of hydrogen-bond donors (Lipinski definition) is 0. The zero-order valence-electron chi connectivity index (χ0n) is 21.9. The summed E-state index contributed by atoms with van der Waals surface area (Å²) in [7, 11) is -3.86. The van der Waals surface area contributed by atoms with E-state index in [1.807, 2.05) is 43.3 Å². The molecule has 0 bridgehead atoms. The Morgan fingerprint density at radius 3 is 2.41 bits per heavy atom. The molecular formula is C28H32ClN5O4S. The van der Waals surface area contributed by atoms with Crippen LogP contribution in [0.5, 0.6) is 0 Å². The van der Waals surface area contributed by atoms with Crippen LogP contribution in [-0.4, -0.2) is 85.7 Å². The summed E-state index contributed by atoms with van der Waals surface area (Å²) in [6.45, 7) is 4.53. The van der Waals surface area contributed by atoms with E-state index < -0.39 is 10.0 Å². The van der Waals surface area contributed by atoms with Crippen LogP contribution in [0.1, 0.15) is 18.4 Å². The number of benzene rings is 2. The maximum atomic E-state index is 13.5. The quantitative estimate of drug-likeness (QED) is 0.409. The summed E-state index contributed by atoms with van der Waals surface area (Å²) < 4.78 is 34.0. The van der Waals surface area contributed by atoms with Crippen LogP contribution in [0, 0.1) is 6.92 Å². The van der Waals surface area contributed by atoms with Crippen molar-refractivity contribution < 1.29 is 17.9 Å². The molecule has 0 N–H and O–H groups in total.